The minimum atomic E-state index is -0.520. The van der Waals surface area contributed by atoms with Gasteiger partial charge in [0, 0.05) is 17.9 Å². The summed E-state index contributed by atoms with van der Waals surface area (Å²) in [6, 6.07) is 3.97. The van der Waals surface area contributed by atoms with E-state index in [1.807, 2.05) is 0 Å². The van der Waals surface area contributed by atoms with Crippen molar-refractivity contribution in [3.63, 3.8) is 0 Å². The summed E-state index contributed by atoms with van der Waals surface area (Å²) < 4.78 is 5.06. The molecule has 1 N–H and O–H groups in total. The number of hydrogen-bond donors (Lipinski definition) is 1. The Morgan fingerprint density at radius 1 is 1.55 bits per heavy atom. The van der Waals surface area contributed by atoms with Crippen molar-refractivity contribution in [3.05, 3.63) is 33.9 Å². The van der Waals surface area contributed by atoms with Crippen molar-refractivity contribution in [3.8, 4) is 5.75 Å². The Balaban J connectivity index is 2.11. The fraction of sp³-hybridized carbons (Fsp3) is 0.462. The Labute approximate surface area is 124 Å². The van der Waals surface area contributed by atoms with E-state index < -0.39 is 4.92 Å². The summed E-state index contributed by atoms with van der Waals surface area (Å²) in [6.07, 6.45) is 2.19. The van der Waals surface area contributed by atoms with Crippen LogP contribution in [-0.4, -0.2) is 29.8 Å². The second-order valence-corrected chi connectivity index (χ2v) is 5.52. The lowest BCUT2D eigenvalue weighted by Gasteiger charge is -2.14. The van der Waals surface area contributed by atoms with Gasteiger partial charge in [0.2, 0.25) is 0 Å². The first kappa shape index (κ1) is 14.8. The largest absolute Gasteiger partial charge is 0.496 e. The van der Waals surface area contributed by atoms with Crippen LogP contribution in [-0.2, 0) is 0 Å². The number of carbonyl (C=O) groups is 1. The second-order valence-electron chi connectivity index (χ2n) is 4.96. The number of nitro benzene ring substituents is 1. The highest BCUT2D eigenvalue weighted by Crippen LogP contribution is 2.46. The van der Waals surface area contributed by atoms with E-state index in [4.69, 9.17) is 4.74 Å². The van der Waals surface area contributed by atoms with E-state index in [-0.39, 0.29) is 22.8 Å². The Kier molecular flexibility index (Phi) is 4.27. The van der Waals surface area contributed by atoms with Gasteiger partial charge in [-0.05, 0) is 24.3 Å². The molecule has 0 aliphatic heterocycles. The average molecular weight is 343 g/mol. The molecule has 1 aromatic rings. The summed E-state index contributed by atoms with van der Waals surface area (Å²) in [7, 11) is 1.39. The van der Waals surface area contributed by atoms with E-state index >= 15 is 0 Å². The molecule has 20 heavy (non-hydrogen) atoms. The number of non-ortho nitro benzene ring substituents is 1. The Morgan fingerprint density at radius 3 is 2.75 bits per heavy atom. The summed E-state index contributed by atoms with van der Waals surface area (Å²) in [5.74, 6) is -0.0654. The quantitative estimate of drug-likeness (QED) is 0.489. The third-order valence-corrected chi connectivity index (χ3v) is 4.69. The molecular weight excluding hydrogens is 328 g/mol. The summed E-state index contributed by atoms with van der Waals surface area (Å²) in [5.41, 5.74) is 0.380. The van der Waals surface area contributed by atoms with Crippen LogP contribution in [0.4, 0.5) is 5.69 Å². The second kappa shape index (κ2) is 5.78. The van der Waals surface area contributed by atoms with Crippen LogP contribution in [0.5, 0.6) is 5.75 Å². The van der Waals surface area contributed by atoms with Gasteiger partial charge in [-0.1, -0.05) is 15.9 Å². The zero-order valence-corrected chi connectivity index (χ0v) is 12.6. The number of rotatable bonds is 6. The van der Waals surface area contributed by atoms with Gasteiger partial charge in [0.15, 0.2) is 0 Å². The summed E-state index contributed by atoms with van der Waals surface area (Å²) in [5, 5.41) is 14.4. The molecule has 1 aromatic carbocycles. The molecule has 1 aliphatic carbocycles. The van der Waals surface area contributed by atoms with Crippen LogP contribution in [0.2, 0.25) is 0 Å². The number of ether oxygens (including phenoxy) is 1. The lowest BCUT2D eigenvalue weighted by molar-refractivity contribution is -0.384. The van der Waals surface area contributed by atoms with Crippen molar-refractivity contribution >= 4 is 27.5 Å². The van der Waals surface area contributed by atoms with E-state index in [0.29, 0.717) is 12.1 Å². The number of hydrogen-bond acceptors (Lipinski definition) is 4. The highest BCUT2D eigenvalue weighted by molar-refractivity contribution is 9.09. The fourth-order valence-electron chi connectivity index (χ4n) is 1.88. The lowest BCUT2D eigenvalue weighted by Crippen LogP contribution is -2.31. The Hall–Kier alpha value is -1.63. The van der Waals surface area contributed by atoms with Crippen molar-refractivity contribution in [2.75, 3.05) is 19.0 Å². The normalized spacial score (nSPS) is 15.5. The number of nitrogens with zero attached hydrogens (tertiary/aromatic N) is 1. The molecule has 6 nitrogen and oxygen atoms in total. The number of alkyl halides is 1. The van der Waals surface area contributed by atoms with Gasteiger partial charge in [0.1, 0.15) is 5.75 Å². The minimum absolute atomic E-state index is 0.0995. The van der Waals surface area contributed by atoms with Gasteiger partial charge in [-0.3, -0.25) is 14.9 Å². The molecule has 1 saturated carbocycles. The highest BCUT2D eigenvalue weighted by atomic mass is 79.9. The maximum atomic E-state index is 12.1. The third kappa shape index (κ3) is 3.09. The maximum absolute atomic E-state index is 12.1. The SMILES string of the molecule is COc1cc([N+](=O)[O-])ccc1C(=O)NCC1(CBr)CC1. The molecule has 0 radical (unpaired) electrons. The average Bonchev–Trinajstić information content (AvgIpc) is 3.24. The summed E-state index contributed by atoms with van der Waals surface area (Å²) in [4.78, 5) is 22.3. The van der Waals surface area contributed by atoms with E-state index in [1.165, 1.54) is 25.3 Å². The first-order chi connectivity index (χ1) is 9.51. The van der Waals surface area contributed by atoms with E-state index in [1.54, 1.807) is 0 Å². The molecule has 0 saturated heterocycles. The van der Waals surface area contributed by atoms with Gasteiger partial charge in [-0.25, -0.2) is 0 Å². The number of nitrogens with one attached hydrogen (secondary N) is 1. The van der Waals surface area contributed by atoms with Crippen molar-refractivity contribution in [2.45, 2.75) is 12.8 Å². The van der Waals surface area contributed by atoms with E-state index in [0.717, 1.165) is 18.2 Å². The first-order valence-electron chi connectivity index (χ1n) is 6.18. The molecule has 0 heterocycles. The van der Waals surface area contributed by atoms with Crippen LogP contribution in [0.15, 0.2) is 18.2 Å². The number of nitro groups is 1. The van der Waals surface area contributed by atoms with Gasteiger partial charge < -0.3 is 10.1 Å². The Bertz CT molecular complexity index is 543. The van der Waals surface area contributed by atoms with Gasteiger partial charge in [-0.2, -0.15) is 0 Å². The molecule has 1 aliphatic rings. The van der Waals surface area contributed by atoms with Crippen LogP contribution < -0.4 is 10.1 Å². The molecule has 0 bridgehead atoms. The predicted octanol–water partition coefficient (Wildman–Crippen LogP) is 2.51. The molecule has 7 heteroatoms. The third-order valence-electron chi connectivity index (χ3n) is 3.51. The molecule has 0 aromatic heterocycles. The minimum Gasteiger partial charge on any atom is -0.496 e. The Morgan fingerprint density at radius 2 is 2.25 bits per heavy atom. The van der Waals surface area contributed by atoms with Gasteiger partial charge in [-0.15, -0.1) is 0 Å². The molecule has 0 unspecified atom stereocenters. The monoisotopic (exact) mass is 342 g/mol. The van der Waals surface area contributed by atoms with E-state index in [2.05, 4.69) is 21.2 Å². The molecule has 108 valence electrons. The number of methoxy groups -OCH3 is 1. The molecule has 0 spiro atoms. The number of carbonyl (C=O) groups excluding carboxylic acids is 1. The van der Waals surface area contributed by atoms with Crippen molar-refractivity contribution in [1.29, 1.82) is 0 Å². The zero-order valence-electron chi connectivity index (χ0n) is 11.0. The van der Waals surface area contributed by atoms with Crippen LogP contribution in [0.25, 0.3) is 0 Å². The fourth-order valence-corrected chi connectivity index (χ4v) is 2.64. The van der Waals surface area contributed by atoms with Crippen LogP contribution >= 0.6 is 15.9 Å². The standard InChI is InChI=1S/C13H15BrN2O4/c1-20-11-6-9(16(18)19)2-3-10(11)12(17)15-8-13(7-14)4-5-13/h2-3,6H,4-5,7-8H2,1H3,(H,15,17). The summed E-state index contributed by atoms with van der Waals surface area (Å²) >= 11 is 3.44. The van der Waals surface area contributed by atoms with Crippen molar-refractivity contribution < 1.29 is 14.5 Å². The number of halogens is 1. The van der Waals surface area contributed by atoms with Crippen LogP contribution in [0.3, 0.4) is 0 Å². The zero-order chi connectivity index (χ0) is 14.8. The van der Waals surface area contributed by atoms with Crippen LogP contribution in [0.1, 0.15) is 23.2 Å². The van der Waals surface area contributed by atoms with Crippen LogP contribution in [0, 0.1) is 15.5 Å². The topological polar surface area (TPSA) is 81.5 Å². The molecular formula is C13H15BrN2O4. The molecule has 1 fully saturated rings. The van der Waals surface area contributed by atoms with E-state index in [9.17, 15) is 14.9 Å². The smallest absolute Gasteiger partial charge is 0.273 e. The van der Waals surface area contributed by atoms with Crippen molar-refractivity contribution in [1.82, 2.24) is 5.32 Å². The highest BCUT2D eigenvalue weighted by Gasteiger charge is 2.41. The van der Waals surface area contributed by atoms with Gasteiger partial charge >= 0.3 is 0 Å². The lowest BCUT2D eigenvalue weighted by atomic mass is 10.1. The summed E-state index contributed by atoms with van der Waals surface area (Å²) in [6.45, 7) is 0.594. The molecule has 1 amide bonds. The molecule has 0 atom stereocenters. The maximum Gasteiger partial charge on any atom is 0.273 e. The van der Waals surface area contributed by atoms with Gasteiger partial charge in [0.05, 0.1) is 23.7 Å². The first-order valence-corrected chi connectivity index (χ1v) is 7.30. The van der Waals surface area contributed by atoms with Gasteiger partial charge in [0.25, 0.3) is 11.6 Å². The number of amides is 1. The molecule has 2 rings (SSSR count). The number of benzene rings is 1. The van der Waals surface area contributed by atoms with Crippen molar-refractivity contribution in [2.24, 2.45) is 5.41 Å². The predicted molar refractivity (Wildman–Crippen MR) is 77.4 cm³/mol.